The molecule has 0 fully saturated rings. The molecule has 0 aromatic heterocycles. The van der Waals surface area contributed by atoms with E-state index in [0.717, 1.165) is 0 Å². The van der Waals surface area contributed by atoms with E-state index in [9.17, 15) is 0 Å². The number of rotatable bonds is 5. The van der Waals surface area contributed by atoms with Crippen molar-refractivity contribution in [3.63, 3.8) is 0 Å². The molecule has 1 atom stereocenters. The normalized spacial score (nSPS) is 12.0. The number of nitrogens with two attached hydrogens (primary N) is 1. The molecule has 86 valence electrons. The second kappa shape index (κ2) is 12.6. The lowest BCUT2D eigenvalue weighted by Crippen LogP contribution is -2.01. The minimum absolute atomic E-state index is 0. The van der Waals surface area contributed by atoms with E-state index in [-0.39, 0.29) is 6.59 Å². The summed E-state index contributed by atoms with van der Waals surface area (Å²) in [4.78, 5) is 0. The molecule has 0 rings (SSSR count). The number of nitrogens with one attached hydrogen (secondary N) is 1. The van der Waals surface area contributed by atoms with Gasteiger partial charge in [0.2, 0.25) is 0 Å². The highest BCUT2D eigenvalue weighted by molar-refractivity contribution is 8.16. The first-order valence-electron chi connectivity index (χ1n) is 5.38. The standard InChI is InChI=1S/C9H18N2S.C2H6.H2/c1-3-5-8(4-2)6-7-12-9(10)11;1-2;/h6-8H,3-5H2,1-2H3,(H3,10,11);1-2H3;1H/b7-6+;;. The van der Waals surface area contributed by atoms with Gasteiger partial charge in [-0.1, -0.05) is 52.0 Å². The fraction of sp³-hybridized carbons (Fsp3) is 0.727. The van der Waals surface area contributed by atoms with Gasteiger partial charge in [-0.3, -0.25) is 5.41 Å². The minimum atomic E-state index is 0. The monoisotopic (exact) mass is 218 g/mol. The predicted octanol–water partition coefficient (Wildman–Crippen LogP) is 4.23. The summed E-state index contributed by atoms with van der Waals surface area (Å²) in [6, 6.07) is 0. The van der Waals surface area contributed by atoms with Gasteiger partial charge < -0.3 is 5.73 Å². The zero-order valence-corrected chi connectivity index (χ0v) is 10.7. The van der Waals surface area contributed by atoms with Crippen LogP contribution in [0.2, 0.25) is 0 Å². The van der Waals surface area contributed by atoms with Crippen LogP contribution in [0.3, 0.4) is 0 Å². The van der Waals surface area contributed by atoms with Gasteiger partial charge in [0.25, 0.3) is 0 Å². The van der Waals surface area contributed by atoms with E-state index in [1.54, 1.807) is 0 Å². The lowest BCUT2D eigenvalue weighted by molar-refractivity contribution is 0.564. The van der Waals surface area contributed by atoms with Crippen LogP contribution in [0.4, 0.5) is 0 Å². The highest BCUT2D eigenvalue weighted by atomic mass is 32.2. The molecule has 14 heavy (non-hydrogen) atoms. The first-order valence-corrected chi connectivity index (χ1v) is 6.26. The van der Waals surface area contributed by atoms with E-state index in [0.29, 0.717) is 5.92 Å². The first-order chi connectivity index (χ1) is 6.70. The van der Waals surface area contributed by atoms with E-state index < -0.39 is 0 Å². The molecule has 0 amide bonds. The van der Waals surface area contributed by atoms with E-state index in [1.807, 2.05) is 19.3 Å². The SMILES string of the molecule is CC.CCCC(/C=C/SC(=N)N)CC.[HH]. The molecule has 2 nitrogen and oxygen atoms in total. The van der Waals surface area contributed by atoms with Gasteiger partial charge in [0.15, 0.2) is 5.17 Å². The smallest absolute Gasteiger partial charge is 0.155 e. The van der Waals surface area contributed by atoms with Gasteiger partial charge in [-0.15, -0.1) is 0 Å². The van der Waals surface area contributed by atoms with E-state index in [4.69, 9.17) is 11.1 Å². The summed E-state index contributed by atoms with van der Waals surface area (Å²) < 4.78 is 0. The average Bonchev–Trinajstić information content (AvgIpc) is 2.19. The van der Waals surface area contributed by atoms with Crippen LogP contribution in [0.1, 0.15) is 48.4 Å². The summed E-state index contributed by atoms with van der Waals surface area (Å²) in [5.74, 6) is 0.654. The molecule has 0 saturated heterocycles. The van der Waals surface area contributed by atoms with Crippen molar-refractivity contribution in [1.82, 2.24) is 0 Å². The third-order valence-corrected chi connectivity index (χ3v) is 2.28. The van der Waals surface area contributed by atoms with Gasteiger partial charge in [0, 0.05) is 1.43 Å². The van der Waals surface area contributed by atoms with Gasteiger partial charge in [-0.2, -0.15) is 0 Å². The van der Waals surface area contributed by atoms with Gasteiger partial charge in [-0.25, -0.2) is 0 Å². The third-order valence-electron chi connectivity index (χ3n) is 1.73. The van der Waals surface area contributed by atoms with Crippen molar-refractivity contribution in [2.24, 2.45) is 11.7 Å². The number of hydrogen-bond donors (Lipinski definition) is 2. The quantitative estimate of drug-likeness (QED) is 0.536. The topological polar surface area (TPSA) is 49.9 Å². The fourth-order valence-electron chi connectivity index (χ4n) is 1.03. The summed E-state index contributed by atoms with van der Waals surface area (Å²) in [6.07, 6.45) is 5.76. The Balaban J connectivity index is -0.000000449. The van der Waals surface area contributed by atoms with E-state index >= 15 is 0 Å². The molecule has 1 unspecified atom stereocenters. The number of amidine groups is 1. The molecule has 0 aromatic carbocycles. The van der Waals surface area contributed by atoms with E-state index in [1.165, 1.54) is 31.0 Å². The molecule has 3 heteroatoms. The maximum Gasteiger partial charge on any atom is 0.155 e. The zero-order chi connectivity index (χ0) is 11.4. The third kappa shape index (κ3) is 11.6. The molecule has 0 bridgehead atoms. The van der Waals surface area contributed by atoms with Crippen LogP contribution in [0, 0.1) is 11.3 Å². The Bertz CT molecular complexity index is 161. The lowest BCUT2D eigenvalue weighted by Gasteiger charge is -2.06. The molecule has 0 radical (unpaired) electrons. The van der Waals surface area contributed by atoms with Gasteiger partial charge >= 0.3 is 0 Å². The first kappa shape index (κ1) is 16.0. The predicted molar refractivity (Wildman–Crippen MR) is 70.8 cm³/mol. The largest absolute Gasteiger partial charge is 0.378 e. The summed E-state index contributed by atoms with van der Waals surface area (Å²) in [5, 5.41) is 9.07. The van der Waals surface area contributed by atoms with Crippen molar-refractivity contribution >= 4 is 16.9 Å². The number of allylic oxidation sites excluding steroid dienone is 1. The van der Waals surface area contributed by atoms with Crippen molar-refractivity contribution in [3.05, 3.63) is 11.5 Å². The second-order valence-corrected chi connectivity index (χ2v) is 3.72. The highest BCUT2D eigenvalue weighted by Crippen LogP contribution is 2.14. The van der Waals surface area contributed by atoms with Gasteiger partial charge in [0.1, 0.15) is 0 Å². The molecule has 0 spiro atoms. The second-order valence-electron chi connectivity index (χ2n) is 2.77. The Kier molecular flexibility index (Phi) is 14.4. The Hall–Kier alpha value is -0.440. The van der Waals surface area contributed by atoms with Crippen molar-refractivity contribution in [3.8, 4) is 0 Å². The van der Waals surface area contributed by atoms with Crippen LogP contribution in [0.5, 0.6) is 0 Å². The lowest BCUT2D eigenvalue weighted by atomic mass is 10.0. The molecule has 0 aromatic rings. The highest BCUT2D eigenvalue weighted by Gasteiger charge is 1.98. The summed E-state index contributed by atoms with van der Waals surface area (Å²) in [5.41, 5.74) is 5.19. The molecule has 0 aliphatic rings. The van der Waals surface area contributed by atoms with Gasteiger partial charge in [-0.05, 0) is 24.2 Å². The molecular weight excluding hydrogens is 192 g/mol. The minimum Gasteiger partial charge on any atom is -0.378 e. The Morgan fingerprint density at radius 1 is 1.50 bits per heavy atom. The van der Waals surface area contributed by atoms with E-state index in [2.05, 4.69) is 19.9 Å². The zero-order valence-electron chi connectivity index (χ0n) is 9.84. The Morgan fingerprint density at radius 2 is 2.07 bits per heavy atom. The van der Waals surface area contributed by atoms with Gasteiger partial charge in [0.05, 0.1) is 0 Å². The van der Waals surface area contributed by atoms with Crippen LogP contribution < -0.4 is 5.73 Å². The molecule has 0 saturated carbocycles. The van der Waals surface area contributed by atoms with Crippen molar-refractivity contribution in [1.29, 1.82) is 5.41 Å². The number of hydrogen-bond acceptors (Lipinski definition) is 2. The maximum atomic E-state index is 6.99. The fourth-order valence-corrected chi connectivity index (χ4v) is 1.48. The van der Waals surface area contributed by atoms with Crippen LogP contribution in [0.25, 0.3) is 0 Å². The summed E-state index contributed by atoms with van der Waals surface area (Å²) in [6.45, 7) is 8.37. The van der Waals surface area contributed by atoms with Crippen molar-refractivity contribution < 1.29 is 1.43 Å². The van der Waals surface area contributed by atoms with Crippen LogP contribution >= 0.6 is 11.8 Å². The molecule has 3 N–H and O–H groups in total. The van der Waals surface area contributed by atoms with Crippen molar-refractivity contribution in [2.75, 3.05) is 0 Å². The summed E-state index contributed by atoms with van der Waals surface area (Å²) in [7, 11) is 0. The molecular formula is C11H26N2S. The Labute approximate surface area is 94.3 Å². The average molecular weight is 218 g/mol. The Morgan fingerprint density at radius 3 is 2.43 bits per heavy atom. The molecule has 0 heterocycles. The summed E-state index contributed by atoms with van der Waals surface area (Å²) >= 11 is 1.28. The maximum absolute atomic E-state index is 6.99. The van der Waals surface area contributed by atoms with Crippen LogP contribution in [0.15, 0.2) is 11.5 Å². The van der Waals surface area contributed by atoms with Crippen LogP contribution in [-0.2, 0) is 0 Å². The molecule has 0 aliphatic carbocycles. The van der Waals surface area contributed by atoms with Crippen molar-refractivity contribution in [2.45, 2.75) is 47.0 Å². The van der Waals surface area contributed by atoms with Crippen LogP contribution in [-0.4, -0.2) is 5.17 Å². The number of thioether (sulfide) groups is 1. The molecule has 0 aliphatic heterocycles.